The molecule has 0 spiro atoms. The highest BCUT2D eigenvalue weighted by molar-refractivity contribution is 7.98. The van der Waals surface area contributed by atoms with Crippen LogP contribution in [0.15, 0.2) is 33.1 Å². The third kappa shape index (κ3) is 3.88. The van der Waals surface area contributed by atoms with Crippen molar-refractivity contribution in [2.24, 2.45) is 0 Å². The van der Waals surface area contributed by atoms with Crippen molar-refractivity contribution >= 4 is 39.2 Å². The zero-order valence-corrected chi connectivity index (χ0v) is 18.5. The van der Waals surface area contributed by atoms with E-state index in [1.54, 1.807) is 30.2 Å². The van der Waals surface area contributed by atoms with Gasteiger partial charge in [0.05, 0.1) is 4.90 Å². The van der Waals surface area contributed by atoms with Crippen molar-refractivity contribution < 1.29 is 13.2 Å². The Labute approximate surface area is 169 Å². The molecule has 0 saturated heterocycles. The first-order valence-corrected chi connectivity index (χ1v) is 11.8. The zero-order chi connectivity index (χ0) is 20.4. The van der Waals surface area contributed by atoms with E-state index in [1.807, 2.05) is 26.8 Å². The van der Waals surface area contributed by atoms with Gasteiger partial charge in [0, 0.05) is 13.1 Å². The molecular formula is C18H24ClN3O3S2. The second-order valence-electron chi connectivity index (χ2n) is 5.92. The number of carbonyl (C=O) groups is 1. The second kappa shape index (κ2) is 8.67. The third-order valence-corrected chi connectivity index (χ3v) is 7.63. The van der Waals surface area contributed by atoms with Gasteiger partial charge in [-0.1, -0.05) is 36.7 Å². The minimum atomic E-state index is -3.98. The second-order valence-corrected chi connectivity index (χ2v) is 8.89. The van der Waals surface area contributed by atoms with Crippen molar-refractivity contribution in [3.63, 3.8) is 0 Å². The molecule has 0 aliphatic rings. The highest BCUT2D eigenvalue weighted by atomic mass is 35.5. The lowest BCUT2D eigenvalue weighted by atomic mass is 10.1. The molecule has 6 nitrogen and oxygen atoms in total. The predicted octanol–water partition coefficient (Wildman–Crippen LogP) is 4.27. The summed E-state index contributed by atoms with van der Waals surface area (Å²) in [7, 11) is -3.98. The van der Waals surface area contributed by atoms with Gasteiger partial charge in [0.2, 0.25) is 14.9 Å². The van der Waals surface area contributed by atoms with E-state index in [1.165, 1.54) is 11.8 Å². The smallest absolute Gasteiger partial charge is 0.323 e. The molecule has 1 heterocycles. The number of halogens is 1. The molecule has 148 valence electrons. The van der Waals surface area contributed by atoms with Crippen molar-refractivity contribution in [1.82, 2.24) is 14.7 Å². The normalized spacial score (nSPS) is 11.6. The van der Waals surface area contributed by atoms with Gasteiger partial charge in [0.15, 0.2) is 0 Å². The van der Waals surface area contributed by atoms with E-state index >= 15 is 0 Å². The number of hydrogen-bond donors (Lipinski definition) is 0. The molecule has 2 rings (SSSR count). The van der Waals surface area contributed by atoms with Crippen LogP contribution in [-0.4, -0.2) is 48.5 Å². The van der Waals surface area contributed by atoms with Crippen LogP contribution >= 0.6 is 23.4 Å². The SMILES string of the molecule is CCc1cccc(C)c1S(=O)(=O)c1nn(C(=O)N(CC)CC)c(SC)c1Cl. The minimum absolute atomic E-state index is 0.0201. The van der Waals surface area contributed by atoms with Crippen molar-refractivity contribution in [3.8, 4) is 0 Å². The largest absolute Gasteiger partial charge is 0.345 e. The van der Waals surface area contributed by atoms with Gasteiger partial charge in [-0.3, -0.25) is 0 Å². The molecule has 0 radical (unpaired) electrons. The van der Waals surface area contributed by atoms with Gasteiger partial charge >= 0.3 is 6.03 Å². The fourth-order valence-electron chi connectivity index (χ4n) is 2.94. The maximum Gasteiger partial charge on any atom is 0.345 e. The Morgan fingerprint density at radius 3 is 2.41 bits per heavy atom. The molecule has 27 heavy (non-hydrogen) atoms. The maximum absolute atomic E-state index is 13.4. The Kier molecular flexibility index (Phi) is 6.99. The summed E-state index contributed by atoms with van der Waals surface area (Å²) in [5.74, 6) is 0. The standard InChI is InChI=1S/C18H24ClN3O3S2/c1-6-13-11-9-10-12(4)15(13)27(24,25)16-14(19)17(26-5)22(20-16)18(23)21(7-2)8-3/h9-11H,6-8H2,1-5H3. The number of benzene rings is 1. The predicted molar refractivity (Wildman–Crippen MR) is 109 cm³/mol. The number of aromatic nitrogens is 2. The molecular weight excluding hydrogens is 406 g/mol. The van der Waals surface area contributed by atoms with Crippen LogP contribution in [0.2, 0.25) is 5.02 Å². The minimum Gasteiger partial charge on any atom is -0.323 e. The van der Waals surface area contributed by atoms with Crippen LogP contribution in [0.5, 0.6) is 0 Å². The Balaban J connectivity index is 2.72. The summed E-state index contributed by atoms with van der Waals surface area (Å²) in [6.07, 6.45) is 2.29. The quantitative estimate of drug-likeness (QED) is 0.641. The van der Waals surface area contributed by atoms with Crippen molar-refractivity contribution in [1.29, 1.82) is 0 Å². The fraction of sp³-hybridized carbons (Fsp3) is 0.444. The summed E-state index contributed by atoms with van der Waals surface area (Å²) in [5, 5.41) is 4.17. The molecule has 0 aliphatic heterocycles. The molecule has 0 N–H and O–H groups in total. The molecule has 1 aromatic heterocycles. The number of nitrogens with zero attached hydrogens (tertiary/aromatic N) is 3. The van der Waals surface area contributed by atoms with Crippen LogP contribution < -0.4 is 0 Å². The van der Waals surface area contributed by atoms with Crippen LogP contribution in [-0.2, 0) is 16.3 Å². The summed E-state index contributed by atoms with van der Waals surface area (Å²) >= 11 is 7.58. The fourth-order valence-corrected chi connectivity index (χ4v) is 5.99. The first-order valence-electron chi connectivity index (χ1n) is 8.69. The summed E-state index contributed by atoms with van der Waals surface area (Å²) in [5.41, 5.74) is 1.32. The van der Waals surface area contributed by atoms with Gasteiger partial charge in [-0.25, -0.2) is 13.2 Å². The number of carbonyl (C=O) groups excluding carboxylic acids is 1. The lowest BCUT2D eigenvalue weighted by Crippen LogP contribution is -2.35. The van der Waals surface area contributed by atoms with Gasteiger partial charge in [-0.05, 0) is 44.6 Å². The van der Waals surface area contributed by atoms with Gasteiger partial charge in [0.25, 0.3) is 0 Å². The molecule has 2 aromatic rings. The maximum atomic E-state index is 13.4. The monoisotopic (exact) mass is 429 g/mol. The first-order chi connectivity index (χ1) is 12.7. The molecule has 1 aromatic carbocycles. The van der Waals surface area contributed by atoms with Crippen LogP contribution in [0.25, 0.3) is 0 Å². The molecule has 0 bridgehead atoms. The summed E-state index contributed by atoms with van der Waals surface area (Å²) in [6, 6.07) is 4.95. The number of thioether (sulfide) groups is 1. The number of aryl methyl sites for hydroxylation is 2. The Hall–Kier alpha value is -1.51. The summed E-state index contributed by atoms with van der Waals surface area (Å²) in [4.78, 5) is 14.5. The average Bonchev–Trinajstić information content (AvgIpc) is 2.99. The van der Waals surface area contributed by atoms with Crippen LogP contribution in [0.1, 0.15) is 31.9 Å². The van der Waals surface area contributed by atoms with E-state index < -0.39 is 15.9 Å². The van der Waals surface area contributed by atoms with E-state index in [-0.39, 0.29) is 14.9 Å². The average molecular weight is 430 g/mol. The van der Waals surface area contributed by atoms with E-state index in [4.69, 9.17) is 11.6 Å². The number of hydrogen-bond acceptors (Lipinski definition) is 5. The topological polar surface area (TPSA) is 72.3 Å². The molecule has 0 saturated carbocycles. The van der Waals surface area contributed by atoms with Gasteiger partial charge in [-0.2, -0.15) is 4.68 Å². The van der Waals surface area contributed by atoms with Crippen LogP contribution in [0.4, 0.5) is 4.79 Å². The highest BCUT2D eigenvalue weighted by Crippen LogP contribution is 2.36. The Morgan fingerprint density at radius 1 is 1.26 bits per heavy atom. The number of rotatable bonds is 6. The Bertz CT molecular complexity index is 951. The number of sulfone groups is 1. The zero-order valence-electron chi connectivity index (χ0n) is 16.1. The Morgan fingerprint density at radius 2 is 1.89 bits per heavy atom. The molecule has 0 aliphatic carbocycles. The van der Waals surface area contributed by atoms with Crippen LogP contribution in [0.3, 0.4) is 0 Å². The molecule has 0 atom stereocenters. The van der Waals surface area contributed by atoms with E-state index in [0.717, 1.165) is 4.68 Å². The van der Waals surface area contributed by atoms with Crippen molar-refractivity contribution in [2.75, 3.05) is 19.3 Å². The first kappa shape index (κ1) is 21.8. The number of amides is 1. The van der Waals surface area contributed by atoms with E-state index in [2.05, 4.69) is 5.10 Å². The third-order valence-electron chi connectivity index (χ3n) is 4.36. The van der Waals surface area contributed by atoms with Crippen LogP contribution in [0, 0.1) is 6.92 Å². The molecule has 9 heteroatoms. The van der Waals surface area contributed by atoms with Gasteiger partial charge in [0.1, 0.15) is 10.0 Å². The van der Waals surface area contributed by atoms with Gasteiger partial charge < -0.3 is 4.90 Å². The summed E-state index contributed by atoms with van der Waals surface area (Å²) in [6.45, 7) is 8.31. The lowest BCUT2D eigenvalue weighted by Gasteiger charge is -2.18. The van der Waals surface area contributed by atoms with Crippen molar-refractivity contribution in [2.45, 2.75) is 49.1 Å². The molecule has 1 amide bonds. The molecule has 0 fully saturated rings. The lowest BCUT2D eigenvalue weighted by molar-refractivity contribution is 0.199. The summed E-state index contributed by atoms with van der Waals surface area (Å²) < 4.78 is 27.8. The molecule has 0 unspecified atom stereocenters. The van der Waals surface area contributed by atoms with E-state index in [0.29, 0.717) is 35.7 Å². The van der Waals surface area contributed by atoms with Gasteiger partial charge in [-0.15, -0.1) is 16.9 Å². The van der Waals surface area contributed by atoms with E-state index in [9.17, 15) is 13.2 Å². The van der Waals surface area contributed by atoms with Crippen molar-refractivity contribution in [3.05, 3.63) is 34.3 Å². The highest BCUT2D eigenvalue weighted by Gasteiger charge is 2.33.